The molecule has 2 unspecified atom stereocenters. The molecule has 3 aliphatic heterocycles. The van der Waals surface area contributed by atoms with Crippen molar-refractivity contribution in [3.8, 4) is 0 Å². The summed E-state index contributed by atoms with van der Waals surface area (Å²) in [5.41, 5.74) is 0. The zero-order valence-electron chi connectivity index (χ0n) is 14.4. The summed E-state index contributed by atoms with van der Waals surface area (Å²) in [6.07, 6.45) is 5.96. The van der Waals surface area contributed by atoms with Crippen LogP contribution in [0.4, 0.5) is 0 Å². The third-order valence-corrected chi connectivity index (χ3v) is 7.60. The molecule has 7 heteroatoms. The molecule has 3 saturated heterocycles. The number of amides is 1. The largest absolute Gasteiger partial charge is 0.548 e. The van der Waals surface area contributed by atoms with Gasteiger partial charge in [0.2, 0.25) is 5.91 Å². The predicted octanol–water partition coefficient (Wildman–Crippen LogP) is -0.202. The van der Waals surface area contributed by atoms with Crippen LogP contribution in [0, 0.1) is 5.92 Å². The first-order valence-electron chi connectivity index (χ1n) is 9.10. The molecule has 3 aliphatic rings. The van der Waals surface area contributed by atoms with Crippen LogP contribution in [-0.2, 0) is 9.59 Å². The Balaban J connectivity index is 1.51. The lowest BCUT2D eigenvalue weighted by Crippen LogP contribution is -2.63. The molecule has 0 saturated carbocycles. The Morgan fingerprint density at radius 2 is 2.04 bits per heavy atom. The predicted molar refractivity (Wildman–Crippen MR) is 89.9 cm³/mol. The van der Waals surface area contributed by atoms with Gasteiger partial charge in [0.25, 0.3) is 0 Å². The van der Waals surface area contributed by atoms with Gasteiger partial charge in [0.15, 0.2) is 0 Å². The monoisotopic (exact) mass is 356 g/mol. The summed E-state index contributed by atoms with van der Waals surface area (Å²) in [7, 11) is 2.31. The van der Waals surface area contributed by atoms with Gasteiger partial charge in [-0.1, -0.05) is 0 Å². The first kappa shape index (κ1) is 18.0. The number of quaternary nitrogens is 1. The molecule has 3 rings (SSSR count). The summed E-state index contributed by atoms with van der Waals surface area (Å²) < 4.78 is 1.15. The van der Waals surface area contributed by atoms with Crippen molar-refractivity contribution in [3.63, 3.8) is 0 Å². The fourth-order valence-electron chi connectivity index (χ4n) is 4.50. The number of hydrogen-bond donors (Lipinski definition) is 1. The molecule has 1 amide bonds. The van der Waals surface area contributed by atoms with Crippen molar-refractivity contribution < 1.29 is 24.3 Å². The minimum absolute atomic E-state index is 0.0293. The maximum Gasteiger partial charge on any atom is 0.230 e. The first-order chi connectivity index (χ1) is 11.5. The number of unbranched alkanes of at least 4 members (excludes halogenated alkanes) is 1. The van der Waals surface area contributed by atoms with Gasteiger partial charge in [0.05, 0.1) is 50.0 Å². The van der Waals surface area contributed by atoms with E-state index in [0.717, 1.165) is 30.3 Å². The minimum atomic E-state index is -1.13. The van der Waals surface area contributed by atoms with E-state index in [1.165, 1.54) is 30.8 Å². The van der Waals surface area contributed by atoms with E-state index in [1.54, 1.807) is 11.8 Å². The Hall–Kier alpha value is -0.790. The van der Waals surface area contributed by atoms with Crippen molar-refractivity contribution in [2.75, 3.05) is 33.3 Å². The zero-order chi connectivity index (χ0) is 17.3. The van der Waals surface area contributed by atoms with Gasteiger partial charge < -0.3 is 24.4 Å². The van der Waals surface area contributed by atoms with E-state index in [1.807, 2.05) is 0 Å². The Kier molecular flexibility index (Phi) is 5.42. The Labute approximate surface area is 147 Å². The molecule has 0 aromatic rings. The van der Waals surface area contributed by atoms with Gasteiger partial charge in [-0.25, -0.2) is 0 Å². The Morgan fingerprint density at radius 3 is 2.67 bits per heavy atom. The van der Waals surface area contributed by atoms with Gasteiger partial charge in [-0.2, -0.15) is 0 Å². The molecule has 24 heavy (non-hydrogen) atoms. The molecule has 0 radical (unpaired) electrons. The number of likely N-dealkylation sites (tertiary alicyclic amines) is 1. The topological polar surface area (TPSA) is 80.7 Å². The number of rotatable bonds is 8. The molecule has 0 bridgehead atoms. The molecular weight excluding hydrogens is 328 g/mol. The number of carbonyl (C=O) groups is 2. The van der Waals surface area contributed by atoms with Crippen LogP contribution < -0.4 is 5.11 Å². The van der Waals surface area contributed by atoms with Gasteiger partial charge in [-0.15, -0.1) is 11.8 Å². The number of nitrogens with zero attached hydrogens (tertiary/aromatic N) is 2. The third kappa shape index (κ3) is 3.30. The highest BCUT2D eigenvalue weighted by atomic mass is 32.2. The number of hydrogen-bond acceptors (Lipinski definition) is 5. The Bertz CT molecular complexity index is 495. The highest BCUT2D eigenvalue weighted by Gasteiger charge is 2.57. The average Bonchev–Trinajstić information content (AvgIpc) is 3.12. The fourth-order valence-corrected chi connectivity index (χ4v) is 6.36. The highest BCUT2D eigenvalue weighted by molar-refractivity contribution is 8.01. The van der Waals surface area contributed by atoms with E-state index in [-0.39, 0.29) is 29.1 Å². The number of aliphatic carboxylic acids is 1. The number of aliphatic hydroxyl groups excluding tert-OH is 1. The van der Waals surface area contributed by atoms with Crippen LogP contribution in [0.1, 0.15) is 38.5 Å². The standard InChI is InChI=1S/C17H28N2O4S/c1-19(9-4-5-10-19)8-3-2-6-13-14(17(22)23)18-15(21)12(7-11-20)16(18)24-13/h12-14,16,20H,2-11H2,1H3/t12-,13?,14?,16+/m0/s1. The maximum atomic E-state index is 12.1. The van der Waals surface area contributed by atoms with E-state index in [2.05, 4.69) is 7.05 Å². The van der Waals surface area contributed by atoms with Crippen molar-refractivity contribution >= 4 is 23.6 Å². The number of carboxylic acid groups (broad SMARTS) is 1. The number of aliphatic hydroxyl groups is 1. The van der Waals surface area contributed by atoms with Gasteiger partial charge in [-0.3, -0.25) is 4.79 Å². The van der Waals surface area contributed by atoms with E-state index < -0.39 is 12.0 Å². The SMILES string of the molecule is C[N+]1(CCCCC2S[C@@H]3[C@@H](CCO)C(=O)N3C2C(=O)[O-])CCCC1. The molecule has 3 fully saturated rings. The van der Waals surface area contributed by atoms with E-state index in [4.69, 9.17) is 5.11 Å². The Morgan fingerprint density at radius 1 is 1.33 bits per heavy atom. The van der Waals surface area contributed by atoms with Crippen LogP contribution in [0.5, 0.6) is 0 Å². The zero-order valence-corrected chi connectivity index (χ0v) is 15.2. The summed E-state index contributed by atoms with van der Waals surface area (Å²) >= 11 is 1.60. The average molecular weight is 356 g/mol. The lowest BCUT2D eigenvalue weighted by atomic mass is 9.91. The molecule has 0 aliphatic carbocycles. The third-order valence-electron chi connectivity index (χ3n) is 5.92. The van der Waals surface area contributed by atoms with Crippen LogP contribution in [-0.4, -0.2) is 76.3 Å². The van der Waals surface area contributed by atoms with Crippen LogP contribution in [0.3, 0.4) is 0 Å². The van der Waals surface area contributed by atoms with Crippen molar-refractivity contribution in [3.05, 3.63) is 0 Å². The van der Waals surface area contributed by atoms with Crippen LogP contribution in [0.15, 0.2) is 0 Å². The molecule has 1 N–H and O–H groups in total. The fraction of sp³-hybridized carbons (Fsp3) is 0.882. The number of carbonyl (C=O) groups excluding carboxylic acids is 2. The van der Waals surface area contributed by atoms with E-state index in [0.29, 0.717) is 6.42 Å². The molecule has 6 nitrogen and oxygen atoms in total. The summed E-state index contributed by atoms with van der Waals surface area (Å²) in [6.45, 7) is 3.64. The summed E-state index contributed by atoms with van der Waals surface area (Å²) in [5.74, 6) is -1.49. The molecular formula is C17H28N2O4S. The summed E-state index contributed by atoms with van der Waals surface area (Å²) in [6, 6.07) is -0.793. The van der Waals surface area contributed by atoms with Crippen molar-refractivity contribution in [1.29, 1.82) is 0 Å². The molecule has 0 aromatic carbocycles. The normalized spacial score (nSPS) is 34.2. The highest BCUT2D eigenvalue weighted by Crippen LogP contribution is 2.49. The molecule has 0 spiro atoms. The number of β-lactam (4-membered cyclic amide) rings is 1. The second-order valence-electron chi connectivity index (χ2n) is 7.69. The van der Waals surface area contributed by atoms with Crippen LogP contribution in [0.2, 0.25) is 0 Å². The second kappa shape index (κ2) is 7.22. The summed E-state index contributed by atoms with van der Waals surface area (Å²) in [4.78, 5) is 25.2. The molecule has 0 aromatic heterocycles. The molecule has 3 heterocycles. The number of carboxylic acids is 1. The van der Waals surface area contributed by atoms with Crippen molar-refractivity contribution in [2.24, 2.45) is 5.92 Å². The lowest BCUT2D eigenvalue weighted by molar-refractivity contribution is -0.897. The van der Waals surface area contributed by atoms with Crippen LogP contribution in [0.25, 0.3) is 0 Å². The number of fused-ring (bicyclic) bond motifs is 1. The number of thioether (sulfide) groups is 1. The second-order valence-corrected chi connectivity index (χ2v) is 9.05. The van der Waals surface area contributed by atoms with E-state index >= 15 is 0 Å². The van der Waals surface area contributed by atoms with Crippen molar-refractivity contribution in [1.82, 2.24) is 4.90 Å². The van der Waals surface area contributed by atoms with Gasteiger partial charge in [-0.05, 0) is 25.7 Å². The van der Waals surface area contributed by atoms with E-state index in [9.17, 15) is 14.7 Å². The molecule has 136 valence electrons. The lowest BCUT2D eigenvalue weighted by Gasteiger charge is -2.44. The smallest absolute Gasteiger partial charge is 0.230 e. The maximum absolute atomic E-state index is 12.1. The molecule has 4 atom stereocenters. The summed E-state index contributed by atoms with van der Waals surface area (Å²) in [5, 5.41) is 20.5. The van der Waals surface area contributed by atoms with Gasteiger partial charge in [0.1, 0.15) is 0 Å². The minimum Gasteiger partial charge on any atom is -0.548 e. The van der Waals surface area contributed by atoms with Gasteiger partial charge >= 0.3 is 0 Å². The quantitative estimate of drug-likeness (QED) is 0.370. The van der Waals surface area contributed by atoms with Gasteiger partial charge in [0, 0.05) is 24.7 Å². The first-order valence-corrected chi connectivity index (χ1v) is 10.0. The van der Waals surface area contributed by atoms with Crippen molar-refractivity contribution in [2.45, 2.75) is 55.2 Å². The van der Waals surface area contributed by atoms with Crippen LogP contribution >= 0.6 is 11.8 Å².